The molecule has 0 saturated carbocycles. The maximum atomic E-state index is 12.5. The van der Waals surface area contributed by atoms with E-state index in [9.17, 15) is 39.3 Å². The van der Waals surface area contributed by atoms with Crippen molar-refractivity contribution in [1.29, 1.82) is 0 Å². The van der Waals surface area contributed by atoms with Crippen molar-refractivity contribution in [3.05, 3.63) is 29.8 Å². The number of aromatic hydroxyl groups is 1. The van der Waals surface area contributed by atoms with Crippen LogP contribution in [0.25, 0.3) is 0 Å². The van der Waals surface area contributed by atoms with Gasteiger partial charge in [0.2, 0.25) is 23.6 Å². The number of carboxylic acid groups (broad SMARTS) is 1. The van der Waals surface area contributed by atoms with E-state index in [1.807, 2.05) is 0 Å². The highest BCUT2D eigenvalue weighted by Crippen LogP contribution is 2.11. The second kappa shape index (κ2) is 12.4. The number of hydrogen-bond donors (Lipinski definition) is 8. The van der Waals surface area contributed by atoms with Gasteiger partial charge in [-0.1, -0.05) is 12.1 Å². The lowest BCUT2D eigenvalue weighted by Crippen LogP contribution is -2.59. The van der Waals surface area contributed by atoms with E-state index in [1.165, 1.54) is 38.1 Å². The van der Waals surface area contributed by atoms with Crippen molar-refractivity contribution in [3.63, 3.8) is 0 Å². The summed E-state index contributed by atoms with van der Waals surface area (Å²) in [6, 6.07) is 0.366. The summed E-state index contributed by atoms with van der Waals surface area (Å²) in [5.41, 5.74) is 11.0. The van der Waals surface area contributed by atoms with Gasteiger partial charge in [-0.3, -0.25) is 19.2 Å². The molecule has 0 spiro atoms. The van der Waals surface area contributed by atoms with Crippen molar-refractivity contribution in [2.24, 2.45) is 11.5 Å². The maximum absolute atomic E-state index is 12.5. The standard InChI is InChI=1S/C20H29N5O8/c1-9(17(29)24-14(20(32)33)7-11-3-5-12(27)6-4-11)23-19(31)16(10(2)26)25-18(30)13(21)8-15(22)28/h3-6,9-10,13-14,16,26-27H,7-8,21H2,1-2H3,(H2,22,28)(H,23,31)(H,24,29)(H,25,30)(H,32,33). The van der Waals surface area contributed by atoms with Crippen LogP contribution in [0.4, 0.5) is 0 Å². The highest BCUT2D eigenvalue weighted by molar-refractivity contribution is 5.95. The Morgan fingerprint density at radius 1 is 0.939 bits per heavy atom. The van der Waals surface area contributed by atoms with Crippen molar-refractivity contribution < 1.29 is 39.3 Å². The number of phenols is 1. The van der Waals surface area contributed by atoms with Crippen LogP contribution in [0.2, 0.25) is 0 Å². The molecule has 0 aromatic heterocycles. The molecule has 0 heterocycles. The maximum Gasteiger partial charge on any atom is 0.326 e. The fourth-order valence-electron chi connectivity index (χ4n) is 2.71. The Morgan fingerprint density at radius 3 is 2.00 bits per heavy atom. The molecule has 5 unspecified atom stereocenters. The smallest absolute Gasteiger partial charge is 0.326 e. The van der Waals surface area contributed by atoms with Crippen LogP contribution < -0.4 is 27.4 Å². The Labute approximate surface area is 189 Å². The van der Waals surface area contributed by atoms with E-state index < -0.39 is 66.3 Å². The molecule has 0 aliphatic carbocycles. The number of aliphatic hydroxyl groups excluding tert-OH is 1. The van der Waals surface area contributed by atoms with E-state index in [2.05, 4.69) is 16.0 Å². The number of carbonyl (C=O) groups is 5. The van der Waals surface area contributed by atoms with Crippen LogP contribution in [0.3, 0.4) is 0 Å². The van der Waals surface area contributed by atoms with Gasteiger partial charge in [-0.05, 0) is 31.5 Å². The second-order valence-electron chi connectivity index (χ2n) is 7.50. The summed E-state index contributed by atoms with van der Waals surface area (Å²) < 4.78 is 0. The van der Waals surface area contributed by atoms with E-state index in [4.69, 9.17) is 11.5 Å². The Bertz CT molecular complexity index is 874. The molecule has 4 amide bonds. The average Bonchev–Trinajstić information content (AvgIpc) is 2.71. The van der Waals surface area contributed by atoms with Crippen LogP contribution in [0.1, 0.15) is 25.8 Å². The summed E-state index contributed by atoms with van der Waals surface area (Å²) in [5, 5.41) is 35.3. The minimum atomic E-state index is -1.50. The molecular formula is C20H29N5O8. The number of nitrogens with two attached hydrogens (primary N) is 2. The SMILES string of the molecule is CC(NC(=O)C(NC(=O)C(N)CC(N)=O)C(C)O)C(=O)NC(Cc1ccc(O)cc1)C(=O)O. The largest absolute Gasteiger partial charge is 0.508 e. The minimum absolute atomic E-state index is 0.00124. The molecule has 1 aromatic rings. The summed E-state index contributed by atoms with van der Waals surface area (Å²) in [7, 11) is 0. The summed E-state index contributed by atoms with van der Waals surface area (Å²) in [4.78, 5) is 59.4. The first-order valence-electron chi connectivity index (χ1n) is 9.95. The Kier molecular flexibility index (Phi) is 10.2. The lowest BCUT2D eigenvalue weighted by molar-refractivity contribution is -0.142. The Morgan fingerprint density at radius 2 is 1.52 bits per heavy atom. The van der Waals surface area contributed by atoms with Gasteiger partial charge in [-0.25, -0.2) is 4.79 Å². The third-order valence-corrected chi connectivity index (χ3v) is 4.56. The minimum Gasteiger partial charge on any atom is -0.508 e. The number of amides is 4. The molecule has 33 heavy (non-hydrogen) atoms. The van der Waals surface area contributed by atoms with Gasteiger partial charge in [-0.15, -0.1) is 0 Å². The third kappa shape index (κ3) is 9.13. The van der Waals surface area contributed by atoms with Gasteiger partial charge in [0.1, 0.15) is 23.9 Å². The molecule has 1 aromatic carbocycles. The highest BCUT2D eigenvalue weighted by Gasteiger charge is 2.31. The first-order valence-corrected chi connectivity index (χ1v) is 9.95. The zero-order chi connectivity index (χ0) is 25.3. The van der Waals surface area contributed by atoms with Crippen LogP contribution in [0, 0.1) is 0 Å². The summed E-state index contributed by atoms with van der Waals surface area (Å²) in [6.45, 7) is 2.50. The van der Waals surface area contributed by atoms with Crippen molar-refractivity contribution in [2.75, 3.05) is 0 Å². The number of primary amides is 1. The molecule has 182 valence electrons. The molecule has 0 bridgehead atoms. The zero-order valence-corrected chi connectivity index (χ0v) is 18.1. The molecule has 0 fully saturated rings. The lowest BCUT2D eigenvalue weighted by Gasteiger charge is -2.25. The quantitative estimate of drug-likeness (QED) is 0.157. The molecule has 0 radical (unpaired) electrons. The predicted octanol–water partition coefficient (Wildman–Crippen LogP) is -2.92. The molecule has 0 aliphatic rings. The molecule has 13 heteroatoms. The molecule has 10 N–H and O–H groups in total. The highest BCUT2D eigenvalue weighted by atomic mass is 16.4. The van der Waals surface area contributed by atoms with E-state index in [1.54, 1.807) is 0 Å². The first kappa shape index (κ1) is 27.3. The number of benzene rings is 1. The van der Waals surface area contributed by atoms with E-state index >= 15 is 0 Å². The van der Waals surface area contributed by atoms with Gasteiger partial charge < -0.3 is 42.7 Å². The lowest BCUT2D eigenvalue weighted by atomic mass is 10.1. The third-order valence-electron chi connectivity index (χ3n) is 4.56. The van der Waals surface area contributed by atoms with Crippen molar-refractivity contribution >= 4 is 29.6 Å². The van der Waals surface area contributed by atoms with Crippen molar-refractivity contribution in [1.82, 2.24) is 16.0 Å². The van der Waals surface area contributed by atoms with Crippen LogP contribution in [0.5, 0.6) is 5.75 Å². The van der Waals surface area contributed by atoms with Gasteiger partial charge in [0.05, 0.1) is 18.6 Å². The molecule has 0 saturated heterocycles. The van der Waals surface area contributed by atoms with Gasteiger partial charge >= 0.3 is 5.97 Å². The second-order valence-corrected chi connectivity index (χ2v) is 7.50. The zero-order valence-electron chi connectivity index (χ0n) is 18.1. The fourth-order valence-corrected chi connectivity index (χ4v) is 2.71. The summed E-state index contributed by atoms with van der Waals surface area (Å²) in [6.07, 6.45) is -1.94. The van der Waals surface area contributed by atoms with Gasteiger partial charge in [0.15, 0.2) is 0 Å². The van der Waals surface area contributed by atoms with Crippen LogP contribution >= 0.6 is 0 Å². The number of nitrogens with one attached hydrogen (secondary N) is 3. The average molecular weight is 467 g/mol. The number of hydrogen-bond acceptors (Lipinski definition) is 8. The van der Waals surface area contributed by atoms with Crippen molar-refractivity contribution in [3.8, 4) is 5.75 Å². The molecule has 0 aliphatic heterocycles. The van der Waals surface area contributed by atoms with E-state index in [-0.39, 0.29) is 12.2 Å². The number of carboxylic acids is 1. The Balaban J connectivity index is 2.76. The van der Waals surface area contributed by atoms with Crippen LogP contribution in [0.15, 0.2) is 24.3 Å². The number of phenolic OH excluding ortho intramolecular Hbond substituents is 1. The normalized spacial score (nSPS) is 15.3. The van der Waals surface area contributed by atoms with E-state index in [0.717, 1.165) is 0 Å². The van der Waals surface area contributed by atoms with Crippen LogP contribution in [-0.4, -0.2) is 75.2 Å². The van der Waals surface area contributed by atoms with E-state index in [0.29, 0.717) is 5.56 Å². The first-order chi connectivity index (χ1) is 15.3. The van der Waals surface area contributed by atoms with Crippen LogP contribution in [-0.2, 0) is 30.4 Å². The molecule has 1 rings (SSSR count). The summed E-state index contributed by atoms with van der Waals surface area (Å²) >= 11 is 0. The Hall–Kier alpha value is -3.71. The number of aliphatic carboxylic acids is 1. The van der Waals surface area contributed by atoms with Gasteiger partial charge in [-0.2, -0.15) is 0 Å². The predicted molar refractivity (Wildman–Crippen MR) is 114 cm³/mol. The fraction of sp³-hybridized carbons (Fsp3) is 0.450. The topological polar surface area (TPSA) is 234 Å². The number of carbonyl (C=O) groups excluding carboxylic acids is 4. The number of aliphatic hydroxyl groups is 1. The van der Waals surface area contributed by atoms with Crippen molar-refractivity contribution in [2.45, 2.75) is 57.0 Å². The monoisotopic (exact) mass is 467 g/mol. The molecular weight excluding hydrogens is 438 g/mol. The van der Waals surface area contributed by atoms with Gasteiger partial charge in [0.25, 0.3) is 0 Å². The van der Waals surface area contributed by atoms with Gasteiger partial charge in [0, 0.05) is 6.42 Å². The summed E-state index contributed by atoms with van der Waals surface area (Å²) in [5.74, 6) is -4.81. The molecule has 13 nitrogen and oxygen atoms in total. The number of rotatable bonds is 12. The molecule has 5 atom stereocenters.